The Morgan fingerprint density at radius 2 is 0.852 bits per heavy atom. The third kappa shape index (κ3) is 4.99. The molecule has 0 amide bonds. The number of nitrogens with zero attached hydrogens (tertiary/aromatic N) is 1. The maximum absolute atomic E-state index is 2.42. The zero-order valence-corrected chi connectivity index (χ0v) is 30.2. The quantitative estimate of drug-likeness (QED) is 0.161. The first-order valence-corrected chi connectivity index (χ1v) is 19.3. The van der Waals surface area contributed by atoms with E-state index in [4.69, 9.17) is 0 Å². The summed E-state index contributed by atoms with van der Waals surface area (Å²) in [5, 5.41) is 12.8. The Bertz CT molecular complexity index is 3200. The zero-order valence-electron chi connectivity index (χ0n) is 29.4. The smallest absolute Gasteiger partial charge is 0.0640 e. The SMILES string of the molecule is c1ccc2c(-c3ccc(N(c4ccc(-c5ccc6c(ccc7c8ccccc8ccc67)c5)cc4)c4cccc5c4sc4ccccc45)cc3)cccc2c1. The third-order valence-electron chi connectivity index (χ3n) is 11.1. The van der Waals surface area contributed by atoms with Crippen molar-refractivity contribution in [3.05, 3.63) is 200 Å². The summed E-state index contributed by atoms with van der Waals surface area (Å²) in [6, 6.07) is 73.5. The number of thiophene rings is 1. The predicted octanol–water partition coefficient (Wildman–Crippen LogP) is 15.5. The Labute approximate surface area is 317 Å². The summed E-state index contributed by atoms with van der Waals surface area (Å²) in [5.74, 6) is 0. The van der Waals surface area contributed by atoms with Crippen LogP contribution >= 0.6 is 11.3 Å². The van der Waals surface area contributed by atoms with Crippen molar-refractivity contribution in [2.75, 3.05) is 4.90 Å². The average Bonchev–Trinajstić information content (AvgIpc) is 3.63. The summed E-state index contributed by atoms with van der Waals surface area (Å²) in [5.41, 5.74) is 8.31. The molecule has 0 N–H and O–H groups in total. The van der Waals surface area contributed by atoms with Crippen LogP contribution in [0.4, 0.5) is 17.1 Å². The minimum Gasteiger partial charge on any atom is -0.309 e. The van der Waals surface area contributed by atoms with Crippen LogP contribution < -0.4 is 4.90 Å². The largest absolute Gasteiger partial charge is 0.309 e. The Morgan fingerprint density at radius 3 is 1.63 bits per heavy atom. The molecule has 10 aromatic carbocycles. The van der Waals surface area contributed by atoms with Crippen LogP contribution in [0.3, 0.4) is 0 Å². The molecular weight excluding hydrogens is 671 g/mol. The molecule has 0 saturated carbocycles. The van der Waals surface area contributed by atoms with Crippen LogP contribution in [0, 0.1) is 0 Å². The van der Waals surface area contributed by atoms with Crippen LogP contribution in [0.2, 0.25) is 0 Å². The molecule has 1 heterocycles. The molecule has 0 spiro atoms. The molecule has 11 aromatic rings. The van der Waals surface area contributed by atoms with Crippen LogP contribution in [0.5, 0.6) is 0 Å². The zero-order chi connectivity index (χ0) is 35.6. The van der Waals surface area contributed by atoms with E-state index in [9.17, 15) is 0 Å². The van der Waals surface area contributed by atoms with Crippen molar-refractivity contribution in [1.29, 1.82) is 0 Å². The highest BCUT2D eigenvalue weighted by molar-refractivity contribution is 7.26. The number of anilines is 3. The standard InChI is InChI=1S/C52H33NS/c1-3-12-42-35(9-1)11-7-15-43(42)37-21-28-41(29-22-37)53(50-17-8-16-49-48-14-5-6-18-51(48)54-52(49)50)40-26-19-34(20-27-40)38-24-30-45-39(33-38)25-32-46-44-13-4-2-10-36(44)23-31-47(45)46/h1-33H. The third-order valence-corrected chi connectivity index (χ3v) is 12.3. The van der Waals surface area contributed by atoms with Gasteiger partial charge >= 0.3 is 0 Å². The number of hydrogen-bond donors (Lipinski definition) is 0. The second kappa shape index (κ2) is 12.4. The fourth-order valence-corrected chi connectivity index (χ4v) is 9.62. The highest BCUT2D eigenvalue weighted by Gasteiger charge is 2.19. The van der Waals surface area contributed by atoms with E-state index in [0.717, 1.165) is 11.4 Å². The monoisotopic (exact) mass is 703 g/mol. The van der Waals surface area contributed by atoms with E-state index >= 15 is 0 Å². The highest BCUT2D eigenvalue weighted by atomic mass is 32.1. The van der Waals surface area contributed by atoms with E-state index in [1.54, 1.807) is 0 Å². The fraction of sp³-hybridized carbons (Fsp3) is 0. The molecule has 0 fully saturated rings. The highest BCUT2D eigenvalue weighted by Crippen LogP contribution is 2.45. The number of benzene rings is 10. The average molecular weight is 704 g/mol. The van der Waals surface area contributed by atoms with Crippen molar-refractivity contribution in [2.45, 2.75) is 0 Å². The number of fused-ring (bicyclic) bond motifs is 9. The van der Waals surface area contributed by atoms with Crippen molar-refractivity contribution in [2.24, 2.45) is 0 Å². The lowest BCUT2D eigenvalue weighted by Gasteiger charge is -2.26. The van der Waals surface area contributed by atoms with Crippen molar-refractivity contribution >= 4 is 91.7 Å². The van der Waals surface area contributed by atoms with Gasteiger partial charge in [-0.05, 0) is 108 Å². The Kier molecular flexibility index (Phi) is 7.11. The molecular formula is C52H33NS. The first kappa shape index (κ1) is 30.8. The van der Waals surface area contributed by atoms with E-state index in [-0.39, 0.29) is 0 Å². The van der Waals surface area contributed by atoms with E-state index < -0.39 is 0 Å². The summed E-state index contributed by atoms with van der Waals surface area (Å²) in [6.07, 6.45) is 0. The lowest BCUT2D eigenvalue weighted by Crippen LogP contribution is -2.10. The van der Waals surface area contributed by atoms with Crippen molar-refractivity contribution in [3.8, 4) is 22.3 Å². The maximum Gasteiger partial charge on any atom is 0.0640 e. The first-order chi connectivity index (χ1) is 26.8. The van der Waals surface area contributed by atoms with Gasteiger partial charge in [-0.25, -0.2) is 0 Å². The van der Waals surface area contributed by atoms with Crippen molar-refractivity contribution < 1.29 is 0 Å². The minimum absolute atomic E-state index is 1.13. The van der Waals surface area contributed by atoms with E-state index in [2.05, 4.69) is 205 Å². The van der Waals surface area contributed by atoms with Gasteiger partial charge in [0.05, 0.1) is 10.4 Å². The maximum atomic E-state index is 2.42. The van der Waals surface area contributed by atoms with Gasteiger partial charge in [0, 0.05) is 26.8 Å². The fourth-order valence-electron chi connectivity index (χ4n) is 8.41. The Hall–Kier alpha value is -6.74. The molecule has 0 saturated heterocycles. The molecule has 1 nitrogen and oxygen atoms in total. The molecule has 0 aliphatic carbocycles. The summed E-state index contributed by atoms with van der Waals surface area (Å²) < 4.78 is 2.59. The molecule has 1 aromatic heterocycles. The van der Waals surface area contributed by atoms with E-state index in [1.807, 2.05) is 11.3 Å². The van der Waals surface area contributed by atoms with Gasteiger partial charge in [-0.3, -0.25) is 0 Å². The minimum atomic E-state index is 1.13. The molecule has 11 rings (SSSR count). The van der Waals surface area contributed by atoms with Crippen LogP contribution in [-0.4, -0.2) is 0 Å². The van der Waals surface area contributed by atoms with Gasteiger partial charge in [-0.2, -0.15) is 0 Å². The number of rotatable bonds is 5. The summed E-state index contributed by atoms with van der Waals surface area (Å²) in [4.78, 5) is 2.42. The van der Waals surface area contributed by atoms with Crippen molar-refractivity contribution in [3.63, 3.8) is 0 Å². The van der Waals surface area contributed by atoms with Gasteiger partial charge in [-0.15, -0.1) is 11.3 Å². The van der Waals surface area contributed by atoms with Crippen LogP contribution in [-0.2, 0) is 0 Å². The molecule has 54 heavy (non-hydrogen) atoms. The molecule has 0 atom stereocenters. The van der Waals surface area contributed by atoms with Gasteiger partial charge in [0.2, 0.25) is 0 Å². The molecule has 0 radical (unpaired) electrons. The lowest BCUT2D eigenvalue weighted by molar-refractivity contribution is 1.30. The molecule has 0 bridgehead atoms. The molecule has 2 heteroatoms. The second-order valence-electron chi connectivity index (χ2n) is 14.1. The lowest BCUT2D eigenvalue weighted by atomic mass is 9.95. The van der Waals surface area contributed by atoms with Crippen LogP contribution in [0.15, 0.2) is 200 Å². The van der Waals surface area contributed by atoms with Crippen molar-refractivity contribution in [1.82, 2.24) is 0 Å². The topological polar surface area (TPSA) is 3.24 Å². The van der Waals surface area contributed by atoms with Crippen LogP contribution in [0.25, 0.3) is 85.5 Å². The molecule has 0 aliphatic heterocycles. The molecule has 0 aliphatic rings. The van der Waals surface area contributed by atoms with E-state index in [0.29, 0.717) is 0 Å². The van der Waals surface area contributed by atoms with Gasteiger partial charge in [0.15, 0.2) is 0 Å². The van der Waals surface area contributed by atoms with Gasteiger partial charge < -0.3 is 4.90 Å². The number of hydrogen-bond acceptors (Lipinski definition) is 2. The van der Waals surface area contributed by atoms with Gasteiger partial charge in [0.1, 0.15) is 0 Å². The molecule has 252 valence electrons. The Balaban J connectivity index is 1.02. The first-order valence-electron chi connectivity index (χ1n) is 18.5. The Morgan fingerprint density at radius 1 is 0.315 bits per heavy atom. The molecule has 0 unspecified atom stereocenters. The predicted molar refractivity (Wildman–Crippen MR) is 235 cm³/mol. The van der Waals surface area contributed by atoms with Gasteiger partial charge in [-0.1, -0.05) is 158 Å². The normalized spacial score (nSPS) is 11.7. The second-order valence-corrected chi connectivity index (χ2v) is 15.1. The summed E-state index contributed by atoms with van der Waals surface area (Å²) in [6.45, 7) is 0. The summed E-state index contributed by atoms with van der Waals surface area (Å²) >= 11 is 1.87. The van der Waals surface area contributed by atoms with E-state index in [1.165, 1.54) is 91.2 Å². The summed E-state index contributed by atoms with van der Waals surface area (Å²) in [7, 11) is 0. The van der Waals surface area contributed by atoms with Crippen LogP contribution in [0.1, 0.15) is 0 Å². The van der Waals surface area contributed by atoms with Gasteiger partial charge in [0.25, 0.3) is 0 Å².